The highest BCUT2D eigenvalue weighted by atomic mass is 16.6. The SMILES string of the molecule is COC(=O)[C@@H](OC(C)(C)C)C1=C(\N2CCC(C)(CC/C=C/CCc3nc(C)c(C)[nH]3)CC2)NNC(C)[C@@H](C)/N=C\1C. The average molecular weight is 571 g/mol. The third-order valence-corrected chi connectivity index (χ3v) is 8.43. The Balaban J connectivity index is 1.71. The van der Waals surface area contributed by atoms with Crippen molar-refractivity contribution >= 4 is 11.7 Å². The summed E-state index contributed by atoms with van der Waals surface area (Å²) in [6, 6.07) is 0.140. The molecule has 2 aliphatic heterocycles. The minimum atomic E-state index is -0.888. The Bertz CT molecular complexity index is 1100. The van der Waals surface area contributed by atoms with Gasteiger partial charge in [0, 0.05) is 37.0 Å². The fourth-order valence-electron chi connectivity index (χ4n) is 5.42. The van der Waals surface area contributed by atoms with Crippen molar-refractivity contribution in [3.05, 3.63) is 40.8 Å². The summed E-state index contributed by atoms with van der Waals surface area (Å²) in [6.45, 7) is 20.3. The number of hydrazine groups is 1. The number of hydrogen-bond acceptors (Lipinski definition) is 8. The number of ether oxygens (including phenoxy) is 2. The third kappa shape index (κ3) is 9.17. The molecule has 3 rings (SSSR count). The molecule has 9 nitrogen and oxygen atoms in total. The maximum atomic E-state index is 13.1. The largest absolute Gasteiger partial charge is 0.467 e. The summed E-state index contributed by atoms with van der Waals surface area (Å²) < 4.78 is 11.5. The summed E-state index contributed by atoms with van der Waals surface area (Å²) in [5.74, 6) is 1.51. The van der Waals surface area contributed by atoms with Crippen LogP contribution in [0.25, 0.3) is 0 Å². The van der Waals surface area contributed by atoms with Gasteiger partial charge in [0.05, 0.1) is 30.0 Å². The lowest BCUT2D eigenvalue weighted by molar-refractivity contribution is -0.159. The Morgan fingerprint density at radius 3 is 2.39 bits per heavy atom. The second-order valence-electron chi connectivity index (χ2n) is 13.1. The number of likely N-dealkylation sites (tertiary alicyclic amines) is 1. The number of aryl methyl sites for hydroxylation is 3. The van der Waals surface area contributed by atoms with Crippen LogP contribution >= 0.6 is 0 Å². The van der Waals surface area contributed by atoms with Crippen LogP contribution in [0.2, 0.25) is 0 Å². The summed E-state index contributed by atoms with van der Waals surface area (Å²) in [4.78, 5) is 28.3. The molecule has 1 unspecified atom stereocenters. The number of carbonyl (C=O) groups excluding carboxylic acids is 1. The molecule has 3 N–H and O–H groups in total. The van der Waals surface area contributed by atoms with Crippen LogP contribution in [-0.4, -0.2) is 70.5 Å². The molecule has 0 saturated carbocycles. The first-order valence-corrected chi connectivity index (χ1v) is 15.2. The van der Waals surface area contributed by atoms with Crippen molar-refractivity contribution in [1.29, 1.82) is 0 Å². The number of aliphatic imine (C=N–C) groups is 1. The number of hydrogen-bond donors (Lipinski definition) is 3. The van der Waals surface area contributed by atoms with Crippen LogP contribution in [0.3, 0.4) is 0 Å². The Labute approximate surface area is 247 Å². The van der Waals surface area contributed by atoms with Gasteiger partial charge in [-0.3, -0.25) is 4.99 Å². The molecule has 0 bridgehead atoms. The Kier molecular flexibility index (Phi) is 11.2. The molecule has 41 heavy (non-hydrogen) atoms. The fourth-order valence-corrected chi connectivity index (χ4v) is 5.42. The number of aromatic nitrogens is 2. The summed E-state index contributed by atoms with van der Waals surface area (Å²) in [5, 5.41) is 0. The van der Waals surface area contributed by atoms with E-state index in [1.54, 1.807) is 0 Å². The van der Waals surface area contributed by atoms with Crippen LogP contribution in [0.5, 0.6) is 0 Å². The predicted molar refractivity (Wildman–Crippen MR) is 166 cm³/mol. The summed E-state index contributed by atoms with van der Waals surface area (Å²) in [6.07, 6.45) is 10.0. The van der Waals surface area contributed by atoms with Crippen LogP contribution in [0.15, 0.2) is 28.5 Å². The van der Waals surface area contributed by atoms with E-state index < -0.39 is 17.7 Å². The summed E-state index contributed by atoms with van der Waals surface area (Å²) in [5.41, 5.74) is 10.4. The molecule has 1 fully saturated rings. The third-order valence-electron chi connectivity index (χ3n) is 8.43. The molecule has 3 heterocycles. The van der Waals surface area contributed by atoms with Gasteiger partial charge >= 0.3 is 5.97 Å². The molecule has 2 aliphatic rings. The summed E-state index contributed by atoms with van der Waals surface area (Å²) in [7, 11) is 1.41. The highest BCUT2D eigenvalue weighted by Gasteiger charge is 2.38. The molecule has 0 aliphatic carbocycles. The lowest BCUT2D eigenvalue weighted by Gasteiger charge is -2.43. The Morgan fingerprint density at radius 1 is 1.15 bits per heavy atom. The highest BCUT2D eigenvalue weighted by Crippen LogP contribution is 2.37. The van der Waals surface area contributed by atoms with Gasteiger partial charge in [-0.05, 0) is 92.9 Å². The zero-order valence-electron chi connectivity index (χ0n) is 27.1. The zero-order valence-corrected chi connectivity index (χ0v) is 27.1. The number of piperidine rings is 1. The van der Waals surface area contributed by atoms with E-state index in [1.807, 2.05) is 34.6 Å². The Hall–Kier alpha value is -2.65. The van der Waals surface area contributed by atoms with Gasteiger partial charge in [-0.1, -0.05) is 19.1 Å². The van der Waals surface area contributed by atoms with E-state index in [4.69, 9.17) is 14.5 Å². The van der Waals surface area contributed by atoms with Gasteiger partial charge in [0.1, 0.15) is 11.6 Å². The minimum absolute atomic E-state index is 0.0250. The van der Waals surface area contributed by atoms with E-state index in [1.165, 1.54) is 7.11 Å². The second kappa shape index (κ2) is 14.0. The molecule has 1 saturated heterocycles. The van der Waals surface area contributed by atoms with Gasteiger partial charge in [-0.15, -0.1) is 0 Å². The van der Waals surface area contributed by atoms with Crippen molar-refractivity contribution in [1.82, 2.24) is 25.7 Å². The number of H-pyrrole nitrogens is 1. The molecule has 1 aromatic heterocycles. The van der Waals surface area contributed by atoms with Gasteiger partial charge in [-0.2, -0.15) is 0 Å². The van der Waals surface area contributed by atoms with Gasteiger partial charge in [0.2, 0.25) is 0 Å². The van der Waals surface area contributed by atoms with Crippen molar-refractivity contribution in [2.45, 2.75) is 125 Å². The molecule has 0 spiro atoms. The topological polar surface area (TPSA) is 104 Å². The second-order valence-corrected chi connectivity index (χ2v) is 13.1. The van der Waals surface area contributed by atoms with E-state index in [2.05, 4.69) is 65.6 Å². The minimum Gasteiger partial charge on any atom is -0.467 e. The van der Waals surface area contributed by atoms with Crippen LogP contribution in [0, 0.1) is 19.3 Å². The smallest absolute Gasteiger partial charge is 0.339 e. The molecule has 0 amide bonds. The molecule has 3 atom stereocenters. The molecule has 1 aromatic rings. The van der Waals surface area contributed by atoms with Crippen molar-refractivity contribution < 1.29 is 14.3 Å². The number of aromatic amines is 1. The zero-order chi connectivity index (χ0) is 30.4. The number of allylic oxidation sites excluding steroid dienone is 2. The maximum absolute atomic E-state index is 13.1. The first-order chi connectivity index (χ1) is 19.2. The number of esters is 1. The fraction of sp³-hybridized carbons (Fsp3) is 0.719. The molecule has 9 heteroatoms. The standard InChI is InChI=1S/C32H54N6O3/c1-21-22(2)35-26(34-21)15-13-11-12-14-16-32(9)17-19-38(20-18-32)29-27(25(5)33-23(3)24(4)36-37-29)28(30(39)40-10)41-31(6,7)8/h11-12,23-24,28,36-37H,13-20H2,1-10H3,(H,34,35)/b12-11+,29-27-,33-25-/t23-,24?,28+/m1/s1. The van der Waals surface area contributed by atoms with E-state index in [0.29, 0.717) is 0 Å². The number of imidazole rings is 1. The highest BCUT2D eigenvalue weighted by molar-refractivity contribution is 6.04. The predicted octanol–water partition coefficient (Wildman–Crippen LogP) is 5.31. The first-order valence-electron chi connectivity index (χ1n) is 15.2. The van der Waals surface area contributed by atoms with Crippen molar-refractivity contribution in [3.63, 3.8) is 0 Å². The van der Waals surface area contributed by atoms with E-state index in [0.717, 1.165) is 85.9 Å². The van der Waals surface area contributed by atoms with Crippen LogP contribution < -0.4 is 10.9 Å². The molecule has 0 aromatic carbocycles. The maximum Gasteiger partial charge on any atom is 0.339 e. The average Bonchev–Trinajstić information content (AvgIpc) is 3.22. The van der Waals surface area contributed by atoms with E-state index >= 15 is 0 Å². The number of nitrogens with zero attached hydrogens (tertiary/aromatic N) is 3. The quantitative estimate of drug-likeness (QED) is 0.259. The summed E-state index contributed by atoms with van der Waals surface area (Å²) >= 11 is 0. The van der Waals surface area contributed by atoms with E-state index in [9.17, 15) is 4.79 Å². The van der Waals surface area contributed by atoms with E-state index in [-0.39, 0.29) is 17.5 Å². The lowest BCUT2D eigenvalue weighted by atomic mass is 9.76. The molecule has 230 valence electrons. The number of carbonyl (C=O) groups is 1. The van der Waals surface area contributed by atoms with Crippen molar-refractivity contribution in [2.24, 2.45) is 10.4 Å². The number of nitrogens with one attached hydrogen (secondary N) is 3. The monoisotopic (exact) mass is 570 g/mol. The van der Waals surface area contributed by atoms with Gasteiger partial charge in [0.15, 0.2) is 6.10 Å². The van der Waals surface area contributed by atoms with Gasteiger partial charge in [-0.25, -0.2) is 15.2 Å². The van der Waals surface area contributed by atoms with Crippen molar-refractivity contribution in [3.8, 4) is 0 Å². The van der Waals surface area contributed by atoms with Crippen LogP contribution in [0.4, 0.5) is 0 Å². The van der Waals surface area contributed by atoms with Crippen LogP contribution in [0.1, 0.15) is 97.8 Å². The van der Waals surface area contributed by atoms with Crippen LogP contribution in [-0.2, 0) is 20.7 Å². The first kappa shape index (κ1) is 32.9. The van der Waals surface area contributed by atoms with Crippen molar-refractivity contribution in [2.75, 3.05) is 20.2 Å². The normalized spacial score (nSPS) is 25.7. The number of rotatable bonds is 10. The molecule has 0 radical (unpaired) electrons. The molecular formula is C32H54N6O3. The molecular weight excluding hydrogens is 516 g/mol. The Morgan fingerprint density at radius 2 is 1.80 bits per heavy atom. The lowest BCUT2D eigenvalue weighted by Crippen LogP contribution is -2.53. The van der Waals surface area contributed by atoms with Gasteiger partial charge < -0.3 is 24.8 Å². The number of methoxy groups -OCH3 is 1. The van der Waals surface area contributed by atoms with Gasteiger partial charge in [0.25, 0.3) is 0 Å².